The lowest BCUT2D eigenvalue weighted by Crippen LogP contribution is -1.98. The molecule has 0 aliphatic carbocycles. The van der Waals surface area contributed by atoms with Crippen molar-refractivity contribution < 1.29 is 15.5 Å². The second kappa shape index (κ2) is 2.62. The van der Waals surface area contributed by atoms with Gasteiger partial charge in [-0.1, -0.05) is 9.67 Å². The first-order valence-corrected chi connectivity index (χ1v) is 4.95. The van der Waals surface area contributed by atoms with Gasteiger partial charge in [-0.3, -0.25) is 0 Å². The Morgan fingerprint density at radius 1 is 1.71 bits per heavy atom. The highest BCUT2D eigenvalue weighted by atomic mass is 32.3. The third-order valence-corrected chi connectivity index (χ3v) is 2.33. The number of halogens is 1. The molecule has 0 saturated carbocycles. The van der Waals surface area contributed by atoms with Gasteiger partial charge in [0.05, 0.1) is 0 Å². The van der Waals surface area contributed by atoms with Crippen molar-refractivity contribution in [3.63, 3.8) is 0 Å². The summed E-state index contributed by atoms with van der Waals surface area (Å²) in [6.07, 6.45) is 0. The van der Waals surface area contributed by atoms with Crippen molar-refractivity contribution in [2.45, 2.75) is 5.79 Å². The molecule has 0 aromatic carbocycles. The van der Waals surface area contributed by atoms with E-state index in [0.29, 0.717) is 0 Å². The van der Waals surface area contributed by atoms with Crippen molar-refractivity contribution >= 4 is 26.1 Å². The topological polar surface area (TPSA) is 43.4 Å². The molecule has 0 N–H and O–H groups in total. The third kappa shape index (κ3) is 6.37. The van der Waals surface area contributed by atoms with Gasteiger partial charge in [-0.25, -0.2) is 0 Å². The molecule has 0 rings (SSSR count). The summed E-state index contributed by atoms with van der Waals surface area (Å²) in [6, 6.07) is 0. The Balaban J connectivity index is 3.60. The second-order valence-electron chi connectivity index (χ2n) is 0.800. The number of hydrogen-bond donors (Lipinski definition) is 0. The summed E-state index contributed by atoms with van der Waals surface area (Å²) < 4.78 is 33.6. The van der Waals surface area contributed by atoms with Crippen molar-refractivity contribution in [1.82, 2.24) is 0 Å². The zero-order valence-corrected chi connectivity index (χ0v) is 5.95. The van der Waals surface area contributed by atoms with Crippen LogP contribution in [-0.2, 0) is 13.7 Å². The molecule has 6 heteroatoms. The first-order chi connectivity index (χ1) is 3.06. The van der Waals surface area contributed by atoms with Gasteiger partial charge in [-0.2, -0.15) is 8.42 Å². The first kappa shape index (κ1) is 7.37. The van der Waals surface area contributed by atoms with E-state index in [1.54, 1.807) is 0 Å². The molecule has 0 spiro atoms. The van der Waals surface area contributed by atoms with E-state index in [1.165, 1.54) is 5.79 Å². The molecule has 0 aliphatic heterocycles. The van der Waals surface area contributed by atoms with E-state index in [9.17, 15) is 12.3 Å². The van der Waals surface area contributed by atoms with Gasteiger partial charge in [0.2, 0.25) is 0 Å². The van der Waals surface area contributed by atoms with Gasteiger partial charge in [0.1, 0.15) is 0 Å². The van der Waals surface area contributed by atoms with Gasteiger partial charge < -0.3 is 3.23 Å². The quantitative estimate of drug-likeness (QED) is 0.389. The Hall–Kier alpha value is 0.372. The van der Waals surface area contributed by atoms with Crippen molar-refractivity contribution in [3.05, 3.63) is 0 Å². The highest BCUT2D eigenvalue weighted by Gasteiger charge is 2.02. The standard InChI is InChI=1S/CH3.Al.FHO3S.H/c;;1-5(2,3)4;/h1H3;;(H,2,3,4);/q;+1;;/p-1. The molecule has 0 aliphatic rings. The first-order valence-electron chi connectivity index (χ1n) is 1.65. The zero-order chi connectivity index (χ0) is 5.91. The maximum atomic E-state index is 11.2. The summed E-state index contributed by atoms with van der Waals surface area (Å²) in [4.78, 5) is 0. The monoisotopic (exact) mass is 142 g/mol. The molecule has 0 aromatic heterocycles. The van der Waals surface area contributed by atoms with Crippen LogP contribution in [-0.4, -0.2) is 24.0 Å². The Labute approximate surface area is 47.9 Å². The molecular formula is CH4AlFO3S. The van der Waals surface area contributed by atoms with Crippen LogP contribution in [0.2, 0.25) is 5.79 Å². The van der Waals surface area contributed by atoms with Crippen molar-refractivity contribution in [2.24, 2.45) is 0 Å². The number of rotatable bonds is 2. The molecule has 0 bridgehead atoms. The minimum atomic E-state index is -4.61. The highest BCUT2D eigenvalue weighted by Crippen LogP contribution is 1.88. The molecule has 7 heavy (non-hydrogen) atoms. The van der Waals surface area contributed by atoms with Crippen molar-refractivity contribution in [3.8, 4) is 0 Å². The van der Waals surface area contributed by atoms with Crippen molar-refractivity contribution in [1.29, 1.82) is 0 Å². The summed E-state index contributed by atoms with van der Waals surface area (Å²) in [6.45, 7) is 0. The zero-order valence-electron chi connectivity index (χ0n) is 3.72. The molecule has 0 fully saturated rings. The van der Waals surface area contributed by atoms with E-state index in [4.69, 9.17) is 0 Å². The van der Waals surface area contributed by atoms with E-state index >= 15 is 0 Å². The fraction of sp³-hybridized carbons (Fsp3) is 1.00. The Bertz CT molecular complexity index is 128. The fourth-order valence-electron chi connectivity index (χ4n) is 0.141. The van der Waals surface area contributed by atoms with Crippen LogP contribution < -0.4 is 0 Å². The molecule has 0 amide bonds. The van der Waals surface area contributed by atoms with Gasteiger partial charge in [-0.05, 0) is 0 Å². The smallest absolute Gasteiger partial charge is 0.378 e. The van der Waals surface area contributed by atoms with Crippen LogP contribution in [0.25, 0.3) is 0 Å². The maximum absolute atomic E-state index is 11.2. The minimum absolute atomic E-state index is 1.15. The van der Waals surface area contributed by atoms with Crippen molar-refractivity contribution in [2.75, 3.05) is 0 Å². The van der Waals surface area contributed by atoms with Gasteiger partial charge in [0, 0.05) is 0 Å². The van der Waals surface area contributed by atoms with Crippen LogP contribution in [0.3, 0.4) is 0 Å². The van der Waals surface area contributed by atoms with Crippen LogP contribution in [0.15, 0.2) is 0 Å². The van der Waals surface area contributed by atoms with E-state index in [-0.39, 0.29) is 0 Å². The molecule has 0 heterocycles. The predicted octanol–water partition coefficient (Wildman–Crippen LogP) is -0.383. The van der Waals surface area contributed by atoms with Gasteiger partial charge in [0.25, 0.3) is 0 Å². The fourth-order valence-corrected chi connectivity index (χ4v) is 1.27. The van der Waals surface area contributed by atoms with E-state index in [0.717, 1.165) is 0 Å². The summed E-state index contributed by atoms with van der Waals surface area (Å²) in [5.74, 6) is 1.52. The molecule has 0 unspecified atom stereocenters. The molecule has 42 valence electrons. The van der Waals surface area contributed by atoms with E-state index < -0.39 is 26.1 Å². The molecule has 0 aromatic rings. The lowest BCUT2D eigenvalue weighted by Gasteiger charge is -1.85. The lowest BCUT2D eigenvalue weighted by molar-refractivity contribution is 0.453. The SMILES string of the molecule is [CH3][AlH][O]S(=O)(=O)F. The largest absolute Gasteiger partial charge is 0.461 e. The Kier molecular flexibility index (Phi) is 2.76. The predicted molar refractivity (Wildman–Crippen MR) is 24.1 cm³/mol. The Morgan fingerprint density at radius 3 is 2.14 bits per heavy atom. The van der Waals surface area contributed by atoms with Crippen LogP contribution in [0.5, 0.6) is 0 Å². The van der Waals surface area contributed by atoms with Crippen LogP contribution in [0, 0.1) is 0 Å². The average Bonchev–Trinajstić information content (AvgIpc) is 1.30. The molecular weight excluding hydrogens is 138 g/mol. The van der Waals surface area contributed by atoms with E-state index in [2.05, 4.69) is 3.23 Å². The molecule has 0 radical (unpaired) electrons. The summed E-state index contributed by atoms with van der Waals surface area (Å²) in [7, 11) is -4.61. The minimum Gasteiger partial charge on any atom is -0.378 e. The highest BCUT2D eigenvalue weighted by molar-refractivity contribution is 7.82. The van der Waals surface area contributed by atoms with Crippen LogP contribution in [0.4, 0.5) is 3.89 Å². The van der Waals surface area contributed by atoms with E-state index in [1.807, 2.05) is 0 Å². The van der Waals surface area contributed by atoms with Gasteiger partial charge in [-0.15, -0.1) is 0 Å². The molecule has 0 atom stereocenters. The molecule has 0 saturated heterocycles. The van der Waals surface area contributed by atoms with Crippen LogP contribution in [0.1, 0.15) is 0 Å². The third-order valence-electron chi connectivity index (χ3n) is 0.259. The average molecular weight is 142 g/mol. The second-order valence-corrected chi connectivity index (χ2v) is 3.11. The summed E-state index contributed by atoms with van der Waals surface area (Å²) in [5.41, 5.74) is 0. The normalized spacial score (nSPS) is 11.1. The van der Waals surface area contributed by atoms with Gasteiger partial charge >= 0.3 is 26.1 Å². The van der Waals surface area contributed by atoms with Gasteiger partial charge in [0.15, 0.2) is 0 Å². The number of hydrogen-bond acceptors (Lipinski definition) is 3. The Morgan fingerprint density at radius 2 is 2.14 bits per heavy atom. The summed E-state index contributed by atoms with van der Waals surface area (Å²) >= 11 is -1.15. The van der Waals surface area contributed by atoms with Crippen LogP contribution >= 0.6 is 0 Å². The summed E-state index contributed by atoms with van der Waals surface area (Å²) in [5, 5.41) is 0. The lowest BCUT2D eigenvalue weighted by atomic mass is 11.9. The molecule has 3 nitrogen and oxygen atoms in total. The maximum Gasteiger partial charge on any atom is 0.461 e.